The molecule has 126 valence electrons. The van der Waals surface area contributed by atoms with Crippen molar-refractivity contribution in [1.29, 1.82) is 0 Å². The van der Waals surface area contributed by atoms with E-state index in [0.717, 1.165) is 64.1 Å². The predicted octanol–water partition coefficient (Wildman–Crippen LogP) is 3.86. The van der Waals surface area contributed by atoms with Crippen molar-refractivity contribution in [3.8, 4) is 0 Å². The lowest BCUT2D eigenvalue weighted by Gasteiger charge is -2.33. The highest BCUT2D eigenvalue weighted by Gasteiger charge is 2.29. The largest absolute Gasteiger partial charge is 0.385 e. The summed E-state index contributed by atoms with van der Waals surface area (Å²) in [5.74, 6) is 0. The SMILES string of the molecule is CCCCC(O)(CCN1CCOCC1)c1ccc(Cl)cc1.Cl. The van der Waals surface area contributed by atoms with Gasteiger partial charge in [-0.05, 0) is 30.5 Å². The van der Waals surface area contributed by atoms with Crippen molar-refractivity contribution in [2.45, 2.75) is 38.2 Å². The highest BCUT2D eigenvalue weighted by molar-refractivity contribution is 6.30. The molecule has 1 N–H and O–H groups in total. The van der Waals surface area contributed by atoms with Gasteiger partial charge in [0.2, 0.25) is 0 Å². The standard InChI is InChI=1S/C17H26ClNO2.ClH/c1-2-3-8-17(20,15-4-6-16(18)7-5-15)9-10-19-11-13-21-14-12-19;/h4-7,20H,2-3,8-14H2,1H3;1H. The average molecular weight is 348 g/mol. The van der Waals surface area contributed by atoms with Gasteiger partial charge in [0.25, 0.3) is 0 Å². The highest BCUT2D eigenvalue weighted by Crippen LogP contribution is 2.32. The summed E-state index contributed by atoms with van der Waals surface area (Å²) in [5, 5.41) is 11.8. The van der Waals surface area contributed by atoms with Gasteiger partial charge >= 0.3 is 0 Å². The zero-order valence-corrected chi connectivity index (χ0v) is 14.8. The van der Waals surface area contributed by atoms with Crippen molar-refractivity contribution in [2.24, 2.45) is 0 Å². The molecule has 1 heterocycles. The predicted molar refractivity (Wildman–Crippen MR) is 94.0 cm³/mol. The molecule has 1 fully saturated rings. The van der Waals surface area contributed by atoms with E-state index in [-0.39, 0.29) is 12.4 Å². The van der Waals surface area contributed by atoms with Gasteiger partial charge in [-0.2, -0.15) is 0 Å². The fourth-order valence-electron chi connectivity index (χ4n) is 2.81. The Morgan fingerprint density at radius 3 is 2.41 bits per heavy atom. The minimum absolute atomic E-state index is 0. The van der Waals surface area contributed by atoms with Crippen LogP contribution in [0.3, 0.4) is 0 Å². The topological polar surface area (TPSA) is 32.7 Å². The number of aliphatic hydroxyl groups is 1. The second-order valence-electron chi connectivity index (χ2n) is 5.85. The lowest BCUT2D eigenvalue weighted by atomic mass is 9.85. The van der Waals surface area contributed by atoms with E-state index in [1.165, 1.54) is 0 Å². The summed E-state index contributed by atoms with van der Waals surface area (Å²) in [6, 6.07) is 7.64. The molecule has 0 radical (unpaired) electrons. The molecule has 0 spiro atoms. The molecule has 22 heavy (non-hydrogen) atoms. The van der Waals surface area contributed by atoms with E-state index in [0.29, 0.717) is 5.02 Å². The molecule has 3 nitrogen and oxygen atoms in total. The summed E-state index contributed by atoms with van der Waals surface area (Å²) >= 11 is 5.96. The van der Waals surface area contributed by atoms with E-state index in [1.807, 2.05) is 24.3 Å². The first-order valence-corrected chi connectivity index (χ1v) is 8.30. The zero-order valence-electron chi connectivity index (χ0n) is 13.3. The molecule has 0 aliphatic carbocycles. The number of benzene rings is 1. The number of rotatable bonds is 7. The summed E-state index contributed by atoms with van der Waals surface area (Å²) in [7, 11) is 0. The van der Waals surface area contributed by atoms with Crippen molar-refractivity contribution in [2.75, 3.05) is 32.8 Å². The van der Waals surface area contributed by atoms with Crippen LogP contribution in [0.2, 0.25) is 5.02 Å². The van der Waals surface area contributed by atoms with Crippen LogP contribution in [-0.4, -0.2) is 42.9 Å². The third-order valence-electron chi connectivity index (χ3n) is 4.27. The molecule has 1 aliphatic rings. The van der Waals surface area contributed by atoms with Gasteiger partial charge in [-0.3, -0.25) is 4.90 Å². The number of morpholine rings is 1. The van der Waals surface area contributed by atoms with Crippen LogP contribution in [0.5, 0.6) is 0 Å². The second kappa shape index (κ2) is 9.74. The zero-order chi connectivity index (χ0) is 15.1. The summed E-state index contributed by atoms with van der Waals surface area (Å²) in [6.45, 7) is 6.59. The molecule has 1 aromatic rings. The first-order valence-electron chi connectivity index (χ1n) is 7.92. The molecule has 0 amide bonds. The number of ether oxygens (including phenoxy) is 1. The first kappa shape index (κ1) is 19.7. The van der Waals surface area contributed by atoms with Crippen molar-refractivity contribution >= 4 is 24.0 Å². The van der Waals surface area contributed by atoms with Crippen molar-refractivity contribution in [3.63, 3.8) is 0 Å². The minimum Gasteiger partial charge on any atom is -0.385 e. The molecular formula is C17H27Cl2NO2. The maximum Gasteiger partial charge on any atom is 0.0908 e. The third-order valence-corrected chi connectivity index (χ3v) is 4.52. The molecule has 0 saturated carbocycles. The molecule has 1 aliphatic heterocycles. The van der Waals surface area contributed by atoms with Gasteiger partial charge in [-0.25, -0.2) is 0 Å². The number of hydrogen-bond acceptors (Lipinski definition) is 3. The van der Waals surface area contributed by atoms with Crippen LogP contribution in [0.15, 0.2) is 24.3 Å². The smallest absolute Gasteiger partial charge is 0.0908 e. The van der Waals surface area contributed by atoms with E-state index >= 15 is 0 Å². The van der Waals surface area contributed by atoms with Crippen molar-refractivity contribution in [3.05, 3.63) is 34.9 Å². The number of hydrogen-bond donors (Lipinski definition) is 1. The van der Waals surface area contributed by atoms with Gasteiger partial charge in [-0.1, -0.05) is 43.5 Å². The third kappa shape index (κ3) is 5.71. The highest BCUT2D eigenvalue weighted by atomic mass is 35.5. The molecule has 5 heteroatoms. The summed E-state index contributed by atoms with van der Waals surface area (Å²) < 4.78 is 5.38. The van der Waals surface area contributed by atoms with Gasteiger partial charge in [-0.15, -0.1) is 12.4 Å². The Morgan fingerprint density at radius 1 is 1.18 bits per heavy atom. The van der Waals surface area contributed by atoms with Crippen molar-refractivity contribution in [1.82, 2.24) is 4.90 Å². The maximum absolute atomic E-state index is 11.1. The molecule has 2 rings (SSSR count). The van der Waals surface area contributed by atoms with Gasteiger partial charge in [0.1, 0.15) is 0 Å². The second-order valence-corrected chi connectivity index (χ2v) is 6.28. The van der Waals surface area contributed by atoms with Crippen LogP contribution in [0.1, 0.15) is 38.2 Å². The fraction of sp³-hybridized carbons (Fsp3) is 0.647. The molecular weight excluding hydrogens is 321 g/mol. The lowest BCUT2D eigenvalue weighted by molar-refractivity contribution is -0.0111. The molecule has 0 aromatic heterocycles. The monoisotopic (exact) mass is 347 g/mol. The summed E-state index contributed by atoms with van der Waals surface area (Å²) in [4.78, 5) is 2.37. The Hall–Kier alpha value is -0.320. The average Bonchev–Trinajstić information content (AvgIpc) is 2.52. The molecule has 0 bridgehead atoms. The van der Waals surface area contributed by atoms with Crippen LogP contribution in [0.25, 0.3) is 0 Å². The quantitative estimate of drug-likeness (QED) is 0.812. The van der Waals surface area contributed by atoms with E-state index in [4.69, 9.17) is 16.3 Å². The maximum atomic E-state index is 11.1. The Balaban J connectivity index is 0.00000242. The Morgan fingerprint density at radius 2 is 1.82 bits per heavy atom. The molecule has 1 saturated heterocycles. The van der Waals surface area contributed by atoms with Crippen LogP contribution in [0, 0.1) is 0 Å². The molecule has 1 atom stereocenters. The van der Waals surface area contributed by atoms with E-state index in [1.54, 1.807) is 0 Å². The van der Waals surface area contributed by atoms with Gasteiger partial charge in [0, 0.05) is 24.7 Å². The molecule has 1 unspecified atom stereocenters. The normalized spacial score (nSPS) is 18.5. The van der Waals surface area contributed by atoms with Crippen LogP contribution in [0.4, 0.5) is 0 Å². The molecule has 1 aromatic carbocycles. The van der Waals surface area contributed by atoms with E-state index in [9.17, 15) is 5.11 Å². The Labute approximate surface area is 145 Å². The van der Waals surface area contributed by atoms with Gasteiger partial charge < -0.3 is 9.84 Å². The number of unbranched alkanes of at least 4 members (excludes halogenated alkanes) is 1. The van der Waals surface area contributed by atoms with Crippen LogP contribution in [-0.2, 0) is 10.3 Å². The number of nitrogens with zero attached hydrogens (tertiary/aromatic N) is 1. The van der Waals surface area contributed by atoms with E-state index in [2.05, 4.69) is 11.8 Å². The first-order chi connectivity index (χ1) is 10.1. The Kier molecular flexibility index (Phi) is 8.73. The van der Waals surface area contributed by atoms with Gasteiger partial charge in [0.15, 0.2) is 0 Å². The summed E-state index contributed by atoms with van der Waals surface area (Å²) in [5.41, 5.74) is 0.229. The summed E-state index contributed by atoms with van der Waals surface area (Å²) in [6.07, 6.45) is 3.68. The van der Waals surface area contributed by atoms with Crippen molar-refractivity contribution < 1.29 is 9.84 Å². The van der Waals surface area contributed by atoms with Crippen LogP contribution >= 0.6 is 24.0 Å². The minimum atomic E-state index is -0.751. The van der Waals surface area contributed by atoms with Gasteiger partial charge in [0.05, 0.1) is 18.8 Å². The fourth-order valence-corrected chi connectivity index (χ4v) is 2.94. The van der Waals surface area contributed by atoms with Crippen LogP contribution < -0.4 is 0 Å². The van der Waals surface area contributed by atoms with E-state index < -0.39 is 5.60 Å². The Bertz CT molecular complexity index is 421. The number of halogens is 2. The lowest BCUT2D eigenvalue weighted by Crippen LogP contribution is -2.40.